The van der Waals surface area contributed by atoms with Gasteiger partial charge in [0.05, 0.1) is 17.7 Å². The Morgan fingerprint density at radius 2 is 1.77 bits per heavy atom. The Labute approximate surface area is 163 Å². The molecule has 0 aromatic heterocycles. The molecule has 1 heterocycles. The van der Waals surface area contributed by atoms with Gasteiger partial charge in [-0.05, 0) is 36.5 Å². The number of amides is 1. The molecule has 0 spiro atoms. The average Bonchev–Trinajstić information content (AvgIpc) is 2.68. The van der Waals surface area contributed by atoms with Crippen molar-refractivity contribution in [2.24, 2.45) is 0 Å². The first-order valence-electron chi connectivity index (χ1n) is 8.32. The van der Waals surface area contributed by atoms with Crippen molar-refractivity contribution < 1.29 is 9.53 Å². The van der Waals surface area contributed by atoms with Gasteiger partial charge in [-0.1, -0.05) is 29.8 Å². The van der Waals surface area contributed by atoms with Crippen LogP contribution in [0, 0.1) is 0 Å². The lowest BCUT2D eigenvalue weighted by molar-refractivity contribution is 0.0693. The molecule has 0 atom stereocenters. The predicted octanol–water partition coefficient (Wildman–Crippen LogP) is 3.50. The van der Waals surface area contributed by atoms with Crippen molar-refractivity contribution in [1.29, 1.82) is 0 Å². The molecule has 1 amide bonds. The first kappa shape index (κ1) is 18.5. The third-order valence-corrected chi connectivity index (χ3v) is 4.97. The number of hydrogen-bond acceptors (Lipinski definition) is 3. The van der Waals surface area contributed by atoms with Gasteiger partial charge in [-0.25, -0.2) is 0 Å². The summed E-state index contributed by atoms with van der Waals surface area (Å²) in [7, 11) is 1.63. The molecule has 5 nitrogen and oxygen atoms in total. The van der Waals surface area contributed by atoms with E-state index in [0.29, 0.717) is 41.9 Å². The number of piperazine rings is 1. The first-order valence-corrected chi connectivity index (χ1v) is 9.11. The molecule has 2 aromatic rings. The maximum absolute atomic E-state index is 12.6. The minimum atomic E-state index is -0.0399. The van der Waals surface area contributed by atoms with Crippen LogP contribution in [0.15, 0.2) is 48.5 Å². The zero-order valence-electron chi connectivity index (χ0n) is 14.4. The quantitative estimate of drug-likeness (QED) is 0.814. The lowest BCUT2D eigenvalue weighted by Crippen LogP contribution is -2.51. The average molecular weight is 390 g/mol. The second-order valence-electron chi connectivity index (χ2n) is 5.92. The molecule has 1 N–H and O–H groups in total. The molecule has 3 rings (SSSR count). The van der Waals surface area contributed by atoms with Gasteiger partial charge in [-0.3, -0.25) is 4.79 Å². The summed E-state index contributed by atoms with van der Waals surface area (Å²) in [5, 5.41) is 4.35. The van der Waals surface area contributed by atoms with Gasteiger partial charge in [0.25, 0.3) is 5.91 Å². The zero-order valence-corrected chi connectivity index (χ0v) is 16.0. The first-order chi connectivity index (χ1) is 12.6. The third kappa shape index (κ3) is 4.26. The molecule has 0 aliphatic carbocycles. The van der Waals surface area contributed by atoms with Crippen molar-refractivity contribution in [2.45, 2.75) is 0 Å². The Morgan fingerprint density at radius 3 is 2.46 bits per heavy atom. The van der Waals surface area contributed by atoms with E-state index >= 15 is 0 Å². The molecule has 136 valence electrons. The maximum atomic E-state index is 12.6. The SMILES string of the molecule is COc1cccc(NC(=S)N2CCN(C(=O)c3ccccc3Cl)CC2)c1. The number of hydrogen-bond donors (Lipinski definition) is 1. The summed E-state index contributed by atoms with van der Waals surface area (Å²) in [6.45, 7) is 2.55. The van der Waals surface area contributed by atoms with Gasteiger partial charge < -0.3 is 19.9 Å². The number of nitrogens with zero attached hydrogens (tertiary/aromatic N) is 2. The summed E-state index contributed by atoms with van der Waals surface area (Å²) in [5.41, 5.74) is 1.42. The highest BCUT2D eigenvalue weighted by Crippen LogP contribution is 2.19. The van der Waals surface area contributed by atoms with E-state index in [1.165, 1.54) is 0 Å². The molecule has 2 aromatic carbocycles. The predicted molar refractivity (Wildman–Crippen MR) is 108 cm³/mol. The lowest BCUT2D eigenvalue weighted by atomic mass is 10.2. The molecule has 7 heteroatoms. The monoisotopic (exact) mass is 389 g/mol. The summed E-state index contributed by atoms with van der Waals surface area (Å²) in [6.07, 6.45) is 0. The van der Waals surface area contributed by atoms with E-state index in [1.54, 1.807) is 19.2 Å². The van der Waals surface area contributed by atoms with Gasteiger partial charge >= 0.3 is 0 Å². The molecule has 1 fully saturated rings. The molecular weight excluding hydrogens is 370 g/mol. The third-order valence-electron chi connectivity index (χ3n) is 4.28. The van der Waals surface area contributed by atoms with Gasteiger partial charge in [0.15, 0.2) is 5.11 Å². The molecular formula is C19H20ClN3O2S. The van der Waals surface area contributed by atoms with Gasteiger partial charge in [0.2, 0.25) is 0 Å². The van der Waals surface area contributed by atoms with Crippen LogP contribution in [0.5, 0.6) is 5.75 Å². The zero-order chi connectivity index (χ0) is 18.5. The highest BCUT2D eigenvalue weighted by Gasteiger charge is 2.24. The number of carbonyl (C=O) groups is 1. The Morgan fingerprint density at radius 1 is 1.08 bits per heavy atom. The lowest BCUT2D eigenvalue weighted by Gasteiger charge is -2.36. The van der Waals surface area contributed by atoms with Crippen molar-refractivity contribution in [3.05, 3.63) is 59.1 Å². The number of rotatable bonds is 3. The summed E-state index contributed by atoms with van der Waals surface area (Å²) < 4.78 is 5.22. The largest absolute Gasteiger partial charge is 0.497 e. The van der Waals surface area contributed by atoms with Crippen LogP contribution >= 0.6 is 23.8 Å². The van der Waals surface area contributed by atoms with E-state index in [-0.39, 0.29) is 5.91 Å². The Hall–Kier alpha value is -2.31. The van der Waals surface area contributed by atoms with Crippen LogP contribution in [0.4, 0.5) is 5.69 Å². The van der Waals surface area contributed by atoms with Crippen molar-refractivity contribution in [3.8, 4) is 5.75 Å². The molecule has 0 bridgehead atoms. The molecule has 1 aliphatic rings. The topological polar surface area (TPSA) is 44.8 Å². The molecule has 1 aliphatic heterocycles. The number of anilines is 1. The number of benzene rings is 2. The van der Waals surface area contributed by atoms with E-state index in [4.69, 9.17) is 28.6 Å². The second kappa shape index (κ2) is 8.38. The van der Waals surface area contributed by atoms with E-state index in [9.17, 15) is 4.79 Å². The van der Waals surface area contributed by atoms with E-state index in [0.717, 1.165) is 11.4 Å². The van der Waals surface area contributed by atoms with Crippen LogP contribution in [-0.2, 0) is 0 Å². The maximum Gasteiger partial charge on any atom is 0.255 e. The fraction of sp³-hybridized carbons (Fsp3) is 0.263. The Kier molecular flexibility index (Phi) is 5.96. The molecule has 0 saturated carbocycles. The van der Waals surface area contributed by atoms with Crippen LogP contribution in [-0.4, -0.2) is 54.1 Å². The van der Waals surface area contributed by atoms with Crippen LogP contribution in [0.2, 0.25) is 5.02 Å². The number of halogens is 1. The van der Waals surface area contributed by atoms with Crippen molar-refractivity contribution in [1.82, 2.24) is 9.80 Å². The van der Waals surface area contributed by atoms with Gasteiger partial charge in [0.1, 0.15) is 5.75 Å². The minimum Gasteiger partial charge on any atom is -0.497 e. The highest BCUT2D eigenvalue weighted by molar-refractivity contribution is 7.80. The van der Waals surface area contributed by atoms with Crippen LogP contribution in [0.25, 0.3) is 0 Å². The summed E-state index contributed by atoms with van der Waals surface area (Å²) >= 11 is 11.6. The number of nitrogens with one attached hydrogen (secondary N) is 1. The normalized spacial score (nSPS) is 14.1. The minimum absolute atomic E-state index is 0.0399. The highest BCUT2D eigenvalue weighted by atomic mass is 35.5. The van der Waals surface area contributed by atoms with Crippen LogP contribution < -0.4 is 10.1 Å². The Balaban J connectivity index is 1.57. The second-order valence-corrected chi connectivity index (χ2v) is 6.72. The Bertz CT molecular complexity index is 807. The van der Waals surface area contributed by atoms with Gasteiger partial charge in [0, 0.05) is 37.9 Å². The number of ether oxygens (including phenoxy) is 1. The van der Waals surface area contributed by atoms with Gasteiger partial charge in [-0.2, -0.15) is 0 Å². The van der Waals surface area contributed by atoms with Crippen molar-refractivity contribution in [2.75, 3.05) is 38.6 Å². The molecule has 0 unspecified atom stereocenters. The fourth-order valence-corrected chi connectivity index (χ4v) is 3.34. The molecule has 1 saturated heterocycles. The number of methoxy groups -OCH3 is 1. The summed E-state index contributed by atoms with van der Waals surface area (Å²) in [5.74, 6) is 0.731. The number of carbonyl (C=O) groups excluding carboxylic acids is 1. The standard InChI is InChI=1S/C19H20ClN3O2S/c1-25-15-6-4-5-14(13-15)21-19(26)23-11-9-22(10-12-23)18(24)16-7-2-3-8-17(16)20/h2-8,13H,9-12H2,1H3,(H,21,26). The van der Waals surface area contributed by atoms with E-state index in [2.05, 4.69) is 10.2 Å². The summed E-state index contributed by atoms with van der Waals surface area (Å²) in [6, 6.07) is 14.7. The fourth-order valence-electron chi connectivity index (χ4n) is 2.82. The van der Waals surface area contributed by atoms with Gasteiger partial charge in [-0.15, -0.1) is 0 Å². The van der Waals surface area contributed by atoms with E-state index < -0.39 is 0 Å². The summed E-state index contributed by atoms with van der Waals surface area (Å²) in [4.78, 5) is 16.5. The van der Waals surface area contributed by atoms with Crippen LogP contribution in [0.1, 0.15) is 10.4 Å². The number of thiocarbonyl (C=S) groups is 1. The van der Waals surface area contributed by atoms with Crippen molar-refractivity contribution in [3.63, 3.8) is 0 Å². The molecule has 26 heavy (non-hydrogen) atoms. The molecule has 0 radical (unpaired) electrons. The van der Waals surface area contributed by atoms with E-state index in [1.807, 2.05) is 41.3 Å². The van der Waals surface area contributed by atoms with Crippen molar-refractivity contribution >= 4 is 40.5 Å². The smallest absolute Gasteiger partial charge is 0.255 e. The van der Waals surface area contributed by atoms with Crippen LogP contribution in [0.3, 0.4) is 0 Å².